The summed E-state index contributed by atoms with van der Waals surface area (Å²) in [6.07, 6.45) is 2.27. The summed E-state index contributed by atoms with van der Waals surface area (Å²) in [6, 6.07) is 12.0. The number of carboxylic acids is 1. The molecule has 2 atom stereocenters. The minimum atomic E-state index is -1.36. The van der Waals surface area contributed by atoms with Crippen LogP contribution in [0.3, 0.4) is 0 Å². The van der Waals surface area contributed by atoms with Gasteiger partial charge in [0.1, 0.15) is 5.56 Å². The van der Waals surface area contributed by atoms with Crippen LogP contribution < -0.4 is 16.5 Å². The number of anilines is 1. The molecule has 2 unspecified atom stereocenters. The Balaban J connectivity index is 1.66. The molecule has 1 heterocycles. The van der Waals surface area contributed by atoms with Crippen LogP contribution in [0.4, 0.5) is 10.1 Å². The molecule has 6 nitrogen and oxygen atoms in total. The summed E-state index contributed by atoms with van der Waals surface area (Å²) in [6.45, 7) is 2.52. The molecule has 0 saturated heterocycles. The predicted octanol–water partition coefficient (Wildman–Crippen LogP) is 3.09. The average Bonchev–Trinajstić information content (AvgIpc) is 3.49. The predicted molar refractivity (Wildman–Crippen MR) is 110 cm³/mol. The van der Waals surface area contributed by atoms with Gasteiger partial charge >= 0.3 is 5.97 Å². The fourth-order valence-corrected chi connectivity index (χ4v) is 3.88. The monoisotopic (exact) mass is 395 g/mol. The average molecular weight is 395 g/mol. The van der Waals surface area contributed by atoms with Crippen LogP contribution in [0.25, 0.3) is 10.9 Å². The third-order valence-electron chi connectivity index (χ3n) is 5.56. The van der Waals surface area contributed by atoms with Gasteiger partial charge < -0.3 is 20.7 Å². The highest BCUT2D eigenvalue weighted by atomic mass is 19.1. The van der Waals surface area contributed by atoms with E-state index in [1.807, 2.05) is 25.1 Å². The maximum Gasteiger partial charge on any atom is 0.341 e. The molecule has 1 saturated carbocycles. The van der Waals surface area contributed by atoms with Crippen molar-refractivity contribution >= 4 is 22.6 Å². The van der Waals surface area contributed by atoms with E-state index in [4.69, 9.17) is 5.73 Å². The lowest BCUT2D eigenvalue weighted by molar-refractivity contribution is 0.0695. The lowest BCUT2D eigenvalue weighted by Crippen LogP contribution is -2.22. The van der Waals surface area contributed by atoms with Crippen molar-refractivity contribution < 1.29 is 14.3 Å². The quantitative estimate of drug-likeness (QED) is 0.557. The van der Waals surface area contributed by atoms with Crippen LogP contribution in [-0.4, -0.2) is 21.7 Å². The summed E-state index contributed by atoms with van der Waals surface area (Å²) in [5, 5.41) is 12.6. The summed E-state index contributed by atoms with van der Waals surface area (Å²) in [7, 11) is 0. The van der Waals surface area contributed by atoms with E-state index in [9.17, 15) is 19.1 Å². The fourth-order valence-electron chi connectivity index (χ4n) is 3.88. The molecule has 1 aliphatic rings. The van der Waals surface area contributed by atoms with Gasteiger partial charge in [0.2, 0.25) is 5.43 Å². The maximum absolute atomic E-state index is 14.9. The van der Waals surface area contributed by atoms with E-state index in [-0.39, 0.29) is 23.7 Å². The van der Waals surface area contributed by atoms with Gasteiger partial charge in [0.05, 0.1) is 16.6 Å². The largest absolute Gasteiger partial charge is 0.477 e. The second kappa shape index (κ2) is 7.33. The lowest BCUT2D eigenvalue weighted by Gasteiger charge is -2.15. The number of hydrogen-bond donors (Lipinski definition) is 3. The zero-order valence-corrected chi connectivity index (χ0v) is 16.0. The Morgan fingerprint density at radius 1 is 1.34 bits per heavy atom. The molecule has 0 aliphatic heterocycles. The molecule has 29 heavy (non-hydrogen) atoms. The molecular formula is C22H22FN3O3. The summed E-state index contributed by atoms with van der Waals surface area (Å²) in [5.41, 5.74) is 6.51. The number of carboxylic acid groups (broad SMARTS) is 1. The lowest BCUT2D eigenvalue weighted by atomic mass is 10.0. The Labute approximate surface area is 166 Å². The topological polar surface area (TPSA) is 97.4 Å². The highest BCUT2D eigenvalue weighted by Crippen LogP contribution is 2.41. The normalized spacial score (nSPS) is 18.1. The molecule has 4 rings (SSSR count). The number of nitrogens with zero attached hydrogens (tertiary/aromatic N) is 1. The molecule has 4 N–H and O–H groups in total. The van der Waals surface area contributed by atoms with Gasteiger partial charge in [0.15, 0.2) is 5.82 Å². The van der Waals surface area contributed by atoms with Crippen molar-refractivity contribution in [2.75, 3.05) is 5.73 Å². The Bertz CT molecular complexity index is 1160. The van der Waals surface area contributed by atoms with Crippen LogP contribution in [0.15, 0.2) is 47.4 Å². The standard InChI is InChI=1S/C22H22FN3O3/c1-2-26-11-15(22(28)29)21(27)18-17(26)8-13(19(23)20(18)24)10-25-16-9-14(16)12-6-4-3-5-7-12/h3-8,11,14,16,25H,2,9-10,24H2,1H3,(H,28,29). The number of hydrogen-bond acceptors (Lipinski definition) is 4. The Kier molecular flexibility index (Phi) is 4.84. The molecule has 3 aromatic rings. The van der Waals surface area contributed by atoms with Gasteiger partial charge in [-0.1, -0.05) is 30.3 Å². The summed E-state index contributed by atoms with van der Waals surface area (Å²) >= 11 is 0. The Morgan fingerprint density at radius 3 is 2.72 bits per heavy atom. The van der Waals surface area contributed by atoms with Gasteiger partial charge in [-0.15, -0.1) is 0 Å². The van der Waals surface area contributed by atoms with Crippen molar-refractivity contribution in [1.82, 2.24) is 9.88 Å². The number of aromatic nitrogens is 1. The number of fused-ring (bicyclic) bond motifs is 1. The maximum atomic E-state index is 14.9. The number of pyridine rings is 1. The van der Waals surface area contributed by atoms with Crippen molar-refractivity contribution in [3.63, 3.8) is 0 Å². The van der Waals surface area contributed by atoms with E-state index < -0.39 is 22.8 Å². The number of halogens is 1. The molecule has 1 fully saturated rings. The molecule has 1 aromatic heterocycles. The van der Waals surface area contributed by atoms with Crippen LogP contribution in [0.2, 0.25) is 0 Å². The first-order valence-corrected chi connectivity index (χ1v) is 9.58. The van der Waals surface area contributed by atoms with Gasteiger partial charge in [-0.2, -0.15) is 0 Å². The molecule has 0 amide bonds. The first-order valence-electron chi connectivity index (χ1n) is 9.58. The molecule has 0 spiro atoms. The van der Waals surface area contributed by atoms with Gasteiger partial charge in [-0.3, -0.25) is 4.79 Å². The number of rotatable bonds is 6. The third kappa shape index (κ3) is 3.38. The fraction of sp³-hybridized carbons (Fsp3) is 0.273. The van der Waals surface area contributed by atoms with E-state index in [0.29, 0.717) is 23.5 Å². The smallest absolute Gasteiger partial charge is 0.341 e. The number of nitrogens with two attached hydrogens (primary N) is 1. The number of aryl methyl sites for hydroxylation is 1. The number of aromatic carboxylic acids is 1. The number of carbonyl (C=O) groups is 1. The highest BCUT2D eigenvalue weighted by Gasteiger charge is 2.37. The van der Waals surface area contributed by atoms with Gasteiger partial charge in [0.25, 0.3) is 0 Å². The Hall–Kier alpha value is -3.19. The second-order valence-corrected chi connectivity index (χ2v) is 7.36. The molecule has 150 valence electrons. The zero-order valence-electron chi connectivity index (χ0n) is 16.0. The van der Waals surface area contributed by atoms with Crippen molar-refractivity contribution in [2.24, 2.45) is 0 Å². The first kappa shape index (κ1) is 19.1. The summed E-state index contributed by atoms with van der Waals surface area (Å²) in [5.74, 6) is -1.63. The number of nitrogen functional groups attached to an aromatic ring is 1. The summed E-state index contributed by atoms with van der Waals surface area (Å²) in [4.78, 5) is 23.9. The molecule has 1 aliphatic carbocycles. The van der Waals surface area contributed by atoms with Crippen molar-refractivity contribution in [2.45, 2.75) is 38.4 Å². The highest BCUT2D eigenvalue weighted by molar-refractivity contribution is 5.97. The molecule has 0 bridgehead atoms. The zero-order chi connectivity index (χ0) is 20.7. The van der Waals surface area contributed by atoms with Crippen LogP contribution in [0.1, 0.15) is 40.7 Å². The van der Waals surface area contributed by atoms with Crippen molar-refractivity contribution in [1.29, 1.82) is 0 Å². The van der Waals surface area contributed by atoms with Crippen LogP contribution in [0, 0.1) is 5.82 Å². The molecule has 7 heteroatoms. The van der Waals surface area contributed by atoms with Crippen molar-refractivity contribution in [3.05, 3.63) is 75.3 Å². The van der Waals surface area contributed by atoms with Crippen LogP contribution >= 0.6 is 0 Å². The molecular weight excluding hydrogens is 373 g/mol. The minimum Gasteiger partial charge on any atom is -0.477 e. The van der Waals surface area contributed by atoms with Gasteiger partial charge in [-0.05, 0) is 25.0 Å². The first-order chi connectivity index (χ1) is 13.9. The van der Waals surface area contributed by atoms with Gasteiger partial charge in [-0.25, -0.2) is 9.18 Å². The van der Waals surface area contributed by atoms with Gasteiger partial charge in [0, 0.05) is 36.8 Å². The van der Waals surface area contributed by atoms with E-state index in [1.165, 1.54) is 11.8 Å². The van der Waals surface area contributed by atoms with E-state index in [1.54, 1.807) is 10.6 Å². The molecule has 0 radical (unpaired) electrons. The number of nitrogens with one attached hydrogen (secondary N) is 1. The Morgan fingerprint density at radius 2 is 2.07 bits per heavy atom. The SMILES string of the molecule is CCn1cc(C(=O)O)c(=O)c2c(N)c(F)c(CNC3CC3c3ccccc3)cc21. The summed E-state index contributed by atoms with van der Waals surface area (Å²) < 4.78 is 16.5. The molecule has 2 aromatic carbocycles. The van der Waals surface area contributed by atoms with Crippen LogP contribution in [0.5, 0.6) is 0 Å². The van der Waals surface area contributed by atoms with Crippen LogP contribution in [-0.2, 0) is 13.1 Å². The minimum absolute atomic E-state index is 0.0819. The third-order valence-corrected chi connectivity index (χ3v) is 5.56. The van der Waals surface area contributed by atoms with E-state index in [2.05, 4.69) is 17.4 Å². The van der Waals surface area contributed by atoms with E-state index in [0.717, 1.165) is 6.42 Å². The second-order valence-electron chi connectivity index (χ2n) is 7.36. The van der Waals surface area contributed by atoms with Crippen molar-refractivity contribution in [3.8, 4) is 0 Å². The number of benzene rings is 2. The van der Waals surface area contributed by atoms with E-state index >= 15 is 0 Å².